The largest absolute Gasteiger partial charge is 0.205 e. The van der Waals surface area contributed by atoms with Gasteiger partial charge < -0.3 is 0 Å². The predicted molar refractivity (Wildman–Crippen MR) is 53.5 cm³/mol. The summed E-state index contributed by atoms with van der Waals surface area (Å²) in [7, 11) is 0. The van der Waals surface area contributed by atoms with Crippen LogP contribution in [0, 0.1) is 11.6 Å². The van der Waals surface area contributed by atoms with Gasteiger partial charge in [-0.25, -0.2) is 8.78 Å². The van der Waals surface area contributed by atoms with Crippen LogP contribution < -0.4 is 0 Å². The highest BCUT2D eigenvalue weighted by Gasteiger charge is 2.07. The first kappa shape index (κ1) is 10.9. The van der Waals surface area contributed by atoms with E-state index in [9.17, 15) is 8.78 Å². The van der Waals surface area contributed by atoms with Crippen molar-refractivity contribution < 1.29 is 8.78 Å². The number of hydrogen-bond donors (Lipinski definition) is 0. The van der Waals surface area contributed by atoms with Gasteiger partial charge in [0.25, 0.3) is 0 Å². The number of halogens is 4. The van der Waals surface area contributed by atoms with E-state index in [1.165, 1.54) is 12.1 Å². The molecule has 0 aliphatic rings. The molecule has 72 valence electrons. The van der Waals surface area contributed by atoms with Crippen LogP contribution in [0.5, 0.6) is 0 Å². The Morgan fingerprint density at radius 3 is 2.23 bits per heavy atom. The summed E-state index contributed by atoms with van der Waals surface area (Å²) >= 11 is 8.57. The topological polar surface area (TPSA) is 0 Å². The van der Waals surface area contributed by atoms with Crippen molar-refractivity contribution in [3.05, 3.63) is 34.4 Å². The van der Waals surface area contributed by atoms with Crippen molar-refractivity contribution >= 4 is 27.5 Å². The van der Waals surface area contributed by atoms with Crippen molar-refractivity contribution in [2.24, 2.45) is 0 Å². The van der Waals surface area contributed by atoms with Crippen LogP contribution in [0.25, 0.3) is 0 Å². The van der Waals surface area contributed by atoms with Gasteiger partial charge in [0, 0.05) is 5.33 Å². The van der Waals surface area contributed by atoms with Gasteiger partial charge in [-0.1, -0.05) is 27.5 Å². The van der Waals surface area contributed by atoms with E-state index in [4.69, 9.17) is 11.6 Å². The van der Waals surface area contributed by atoms with E-state index in [2.05, 4.69) is 15.9 Å². The van der Waals surface area contributed by atoms with Crippen LogP contribution in [0.1, 0.15) is 12.0 Å². The van der Waals surface area contributed by atoms with E-state index in [1.54, 1.807) is 0 Å². The Balaban J connectivity index is 2.86. The molecule has 0 aliphatic heterocycles. The predicted octanol–water partition coefficient (Wildman–Crippen LogP) is 3.95. The van der Waals surface area contributed by atoms with Gasteiger partial charge in [-0.2, -0.15) is 0 Å². The third-order valence-corrected chi connectivity index (χ3v) is 2.56. The molecule has 0 radical (unpaired) electrons. The summed E-state index contributed by atoms with van der Waals surface area (Å²) in [6.07, 6.45) is 1.50. The summed E-state index contributed by atoms with van der Waals surface area (Å²) in [6.45, 7) is 0. The van der Waals surface area contributed by atoms with Gasteiger partial charge in [-0.15, -0.1) is 0 Å². The van der Waals surface area contributed by atoms with E-state index < -0.39 is 16.7 Å². The SMILES string of the molecule is Fc1cc(CCCBr)cc(F)c1Cl. The number of aryl methyl sites for hydroxylation is 1. The van der Waals surface area contributed by atoms with Crippen molar-refractivity contribution in [2.45, 2.75) is 12.8 Å². The molecule has 0 amide bonds. The fourth-order valence-corrected chi connectivity index (χ4v) is 1.41. The minimum atomic E-state index is -0.689. The first-order valence-electron chi connectivity index (χ1n) is 3.84. The minimum absolute atomic E-state index is 0.428. The molecule has 0 unspecified atom stereocenters. The van der Waals surface area contributed by atoms with Crippen LogP contribution in [-0.2, 0) is 6.42 Å². The van der Waals surface area contributed by atoms with Crippen LogP contribution in [0.4, 0.5) is 8.78 Å². The number of hydrogen-bond acceptors (Lipinski definition) is 0. The maximum absolute atomic E-state index is 12.9. The Labute approximate surface area is 89.0 Å². The summed E-state index contributed by atoms with van der Waals surface area (Å²) in [5.41, 5.74) is 0.638. The fourth-order valence-electron chi connectivity index (χ4n) is 1.02. The molecule has 1 rings (SSSR count). The Morgan fingerprint density at radius 1 is 1.23 bits per heavy atom. The molecule has 0 N–H and O–H groups in total. The quantitative estimate of drug-likeness (QED) is 0.576. The number of alkyl halides is 1. The van der Waals surface area contributed by atoms with Gasteiger partial charge in [0.15, 0.2) is 0 Å². The molecule has 0 saturated carbocycles. The zero-order chi connectivity index (χ0) is 9.84. The van der Waals surface area contributed by atoms with Crippen LogP contribution in [0.3, 0.4) is 0 Å². The van der Waals surface area contributed by atoms with Gasteiger partial charge in [0.2, 0.25) is 0 Å². The highest BCUT2D eigenvalue weighted by atomic mass is 79.9. The molecule has 0 bridgehead atoms. The molecule has 0 nitrogen and oxygen atoms in total. The van der Waals surface area contributed by atoms with E-state index in [0.717, 1.165) is 11.8 Å². The summed E-state index contributed by atoms with van der Waals surface area (Å²) in [6, 6.07) is 2.54. The summed E-state index contributed by atoms with van der Waals surface area (Å²) < 4.78 is 25.8. The molecule has 0 saturated heterocycles. The molecule has 4 heteroatoms. The van der Waals surface area contributed by atoms with Crippen LogP contribution in [-0.4, -0.2) is 5.33 Å². The first-order valence-corrected chi connectivity index (χ1v) is 5.34. The molecule has 0 heterocycles. The second kappa shape index (κ2) is 4.91. The first-order chi connectivity index (χ1) is 6.15. The van der Waals surface area contributed by atoms with Crippen molar-refractivity contribution in [3.63, 3.8) is 0 Å². The Morgan fingerprint density at radius 2 is 1.77 bits per heavy atom. The lowest BCUT2D eigenvalue weighted by Gasteiger charge is -2.02. The minimum Gasteiger partial charge on any atom is -0.205 e. The summed E-state index contributed by atoms with van der Waals surface area (Å²) in [4.78, 5) is 0. The Kier molecular flexibility index (Phi) is 4.13. The highest BCUT2D eigenvalue weighted by Crippen LogP contribution is 2.21. The van der Waals surface area contributed by atoms with E-state index in [1.807, 2.05) is 0 Å². The molecule has 0 aromatic heterocycles. The van der Waals surface area contributed by atoms with Crippen molar-refractivity contribution in [1.82, 2.24) is 0 Å². The fraction of sp³-hybridized carbons (Fsp3) is 0.333. The standard InChI is InChI=1S/C9H8BrClF2/c10-3-1-2-6-4-7(12)9(11)8(13)5-6/h4-5H,1-3H2. The smallest absolute Gasteiger partial charge is 0.145 e. The second-order valence-electron chi connectivity index (χ2n) is 2.67. The summed E-state index contributed by atoms with van der Waals surface area (Å²) in [5, 5.41) is 0.390. The number of benzene rings is 1. The van der Waals surface area contributed by atoms with Crippen molar-refractivity contribution in [3.8, 4) is 0 Å². The molecule has 1 aromatic rings. The lowest BCUT2D eigenvalue weighted by atomic mass is 10.1. The average molecular weight is 270 g/mol. The maximum atomic E-state index is 12.9. The zero-order valence-corrected chi connectivity index (χ0v) is 9.13. The van der Waals surface area contributed by atoms with Gasteiger partial charge in [-0.05, 0) is 30.5 Å². The molecule has 0 fully saturated rings. The highest BCUT2D eigenvalue weighted by molar-refractivity contribution is 9.09. The van der Waals surface area contributed by atoms with Gasteiger partial charge >= 0.3 is 0 Å². The molecule has 1 aromatic carbocycles. The van der Waals surface area contributed by atoms with E-state index in [0.29, 0.717) is 12.0 Å². The average Bonchev–Trinajstić information content (AvgIpc) is 2.10. The molecule has 13 heavy (non-hydrogen) atoms. The van der Waals surface area contributed by atoms with E-state index >= 15 is 0 Å². The Hall–Kier alpha value is -0.150. The monoisotopic (exact) mass is 268 g/mol. The molecule has 0 aliphatic carbocycles. The third-order valence-electron chi connectivity index (χ3n) is 1.64. The zero-order valence-electron chi connectivity index (χ0n) is 6.79. The molecule has 0 spiro atoms. The van der Waals surface area contributed by atoms with Crippen molar-refractivity contribution in [1.29, 1.82) is 0 Å². The van der Waals surface area contributed by atoms with Crippen LogP contribution in [0.2, 0.25) is 5.02 Å². The maximum Gasteiger partial charge on any atom is 0.145 e. The lowest BCUT2D eigenvalue weighted by Crippen LogP contribution is -1.91. The molecule has 0 atom stereocenters. The summed E-state index contributed by atoms with van der Waals surface area (Å²) in [5.74, 6) is -1.38. The lowest BCUT2D eigenvalue weighted by molar-refractivity contribution is 0.580. The van der Waals surface area contributed by atoms with E-state index in [-0.39, 0.29) is 0 Å². The molecular weight excluding hydrogens is 261 g/mol. The normalized spacial score (nSPS) is 10.5. The van der Waals surface area contributed by atoms with Gasteiger partial charge in [0.05, 0.1) is 0 Å². The third kappa shape index (κ3) is 2.92. The van der Waals surface area contributed by atoms with Crippen molar-refractivity contribution in [2.75, 3.05) is 5.33 Å². The van der Waals surface area contributed by atoms with Crippen LogP contribution >= 0.6 is 27.5 Å². The number of rotatable bonds is 3. The Bertz CT molecular complexity index is 279. The molecular formula is C9H8BrClF2. The van der Waals surface area contributed by atoms with Gasteiger partial charge in [0.1, 0.15) is 16.7 Å². The van der Waals surface area contributed by atoms with Gasteiger partial charge in [-0.3, -0.25) is 0 Å². The second-order valence-corrected chi connectivity index (χ2v) is 3.84. The van der Waals surface area contributed by atoms with Crippen LogP contribution in [0.15, 0.2) is 12.1 Å².